The molecule has 0 bridgehead atoms. The largest absolute Gasteiger partial charge is 0.418 e. The lowest BCUT2D eigenvalue weighted by atomic mass is 10.1. The Balaban J connectivity index is 1.40. The predicted octanol–water partition coefficient (Wildman–Crippen LogP) is 8.50. The Morgan fingerprint density at radius 2 is 1.40 bits per heavy atom. The van der Waals surface area contributed by atoms with Gasteiger partial charge in [-0.05, 0) is 71.8 Å². The topological polar surface area (TPSA) is 130 Å². The molecule has 0 saturated heterocycles. The smallest absolute Gasteiger partial charge is 0.324 e. The van der Waals surface area contributed by atoms with E-state index in [1.807, 2.05) is 0 Å². The zero-order valence-corrected chi connectivity index (χ0v) is 26.7. The summed E-state index contributed by atoms with van der Waals surface area (Å²) >= 11 is 1.06. The first-order chi connectivity index (χ1) is 24.0. The number of benzene rings is 5. The molecule has 9 nitrogen and oxygen atoms in total. The summed E-state index contributed by atoms with van der Waals surface area (Å²) in [5.41, 5.74) is -0.148. The summed E-state index contributed by atoms with van der Waals surface area (Å²) in [5.74, 6) is -1.97. The Hall–Kier alpha value is -6.21. The molecular formula is C37H27F3N4O5S. The molecule has 0 radical (unpaired) electrons. The summed E-state index contributed by atoms with van der Waals surface area (Å²) in [4.78, 5) is 51.2. The lowest BCUT2D eigenvalue weighted by Gasteiger charge is -2.19. The van der Waals surface area contributed by atoms with Crippen molar-refractivity contribution in [2.75, 3.05) is 10.6 Å². The zero-order chi connectivity index (χ0) is 35.7. The number of anilines is 2. The highest BCUT2D eigenvalue weighted by Crippen LogP contribution is 2.39. The summed E-state index contributed by atoms with van der Waals surface area (Å²) in [5, 5.41) is 17.9. The molecule has 0 aliphatic rings. The second kappa shape index (κ2) is 15.8. The van der Waals surface area contributed by atoms with E-state index in [0.717, 1.165) is 17.8 Å². The van der Waals surface area contributed by atoms with E-state index < -0.39 is 39.6 Å². The number of halogens is 3. The molecule has 0 aliphatic heterocycles. The summed E-state index contributed by atoms with van der Waals surface area (Å²) in [6.07, 6.45) is -3.31. The van der Waals surface area contributed by atoms with Crippen LogP contribution >= 0.6 is 11.8 Å². The van der Waals surface area contributed by atoms with Gasteiger partial charge < -0.3 is 16.0 Å². The minimum Gasteiger partial charge on any atom is -0.324 e. The molecule has 0 aromatic heterocycles. The molecule has 13 heteroatoms. The minimum atomic E-state index is -4.68. The number of para-hydroxylation sites is 1. The van der Waals surface area contributed by atoms with Crippen LogP contribution in [0.1, 0.15) is 32.3 Å². The van der Waals surface area contributed by atoms with E-state index in [1.165, 1.54) is 48.5 Å². The maximum absolute atomic E-state index is 13.7. The van der Waals surface area contributed by atoms with Crippen LogP contribution in [0.3, 0.4) is 0 Å². The Kier molecular flexibility index (Phi) is 11.1. The van der Waals surface area contributed by atoms with E-state index in [4.69, 9.17) is 0 Å². The average Bonchev–Trinajstić information content (AvgIpc) is 3.11. The van der Waals surface area contributed by atoms with Crippen LogP contribution < -0.4 is 16.0 Å². The highest BCUT2D eigenvalue weighted by atomic mass is 32.2. The lowest BCUT2D eigenvalue weighted by Crippen LogP contribution is -2.30. The second-order valence-electron chi connectivity index (χ2n) is 10.6. The first-order valence-electron chi connectivity index (χ1n) is 14.9. The minimum absolute atomic E-state index is 0.150. The predicted molar refractivity (Wildman–Crippen MR) is 185 cm³/mol. The van der Waals surface area contributed by atoms with Crippen molar-refractivity contribution in [3.63, 3.8) is 0 Å². The van der Waals surface area contributed by atoms with E-state index in [1.54, 1.807) is 84.9 Å². The number of amides is 3. The van der Waals surface area contributed by atoms with E-state index in [9.17, 15) is 37.7 Å². The van der Waals surface area contributed by atoms with Crippen LogP contribution in [0, 0.1) is 10.1 Å². The van der Waals surface area contributed by atoms with Gasteiger partial charge in [-0.1, -0.05) is 66.7 Å². The van der Waals surface area contributed by atoms with Gasteiger partial charge in [0.15, 0.2) is 0 Å². The van der Waals surface area contributed by atoms with Crippen molar-refractivity contribution in [2.24, 2.45) is 0 Å². The monoisotopic (exact) mass is 696 g/mol. The van der Waals surface area contributed by atoms with Gasteiger partial charge in [-0.25, -0.2) is 0 Å². The van der Waals surface area contributed by atoms with Gasteiger partial charge in [0.05, 0.1) is 16.2 Å². The van der Waals surface area contributed by atoms with Gasteiger partial charge in [-0.2, -0.15) is 13.2 Å². The summed E-state index contributed by atoms with van der Waals surface area (Å²) in [6.45, 7) is 0. The van der Waals surface area contributed by atoms with Crippen molar-refractivity contribution in [1.29, 1.82) is 0 Å². The number of non-ortho nitro benzene ring substituents is 1. The molecule has 0 spiro atoms. The Labute approximate surface area is 288 Å². The van der Waals surface area contributed by atoms with E-state index >= 15 is 0 Å². The van der Waals surface area contributed by atoms with Crippen LogP contribution in [-0.2, 0) is 15.8 Å². The number of rotatable bonds is 11. The van der Waals surface area contributed by atoms with Gasteiger partial charge in [0.2, 0.25) is 5.91 Å². The summed E-state index contributed by atoms with van der Waals surface area (Å²) in [7, 11) is 0. The molecule has 252 valence electrons. The third-order valence-electron chi connectivity index (χ3n) is 7.12. The lowest BCUT2D eigenvalue weighted by molar-refractivity contribution is -0.384. The normalized spacial score (nSPS) is 12.0. The van der Waals surface area contributed by atoms with Crippen molar-refractivity contribution >= 4 is 52.6 Å². The van der Waals surface area contributed by atoms with Gasteiger partial charge in [0, 0.05) is 28.3 Å². The van der Waals surface area contributed by atoms with Crippen molar-refractivity contribution in [2.45, 2.75) is 16.3 Å². The van der Waals surface area contributed by atoms with Crippen molar-refractivity contribution in [3.05, 3.63) is 172 Å². The molecule has 1 unspecified atom stereocenters. The van der Waals surface area contributed by atoms with Gasteiger partial charge in [-0.3, -0.25) is 24.5 Å². The number of hydrogen-bond donors (Lipinski definition) is 3. The van der Waals surface area contributed by atoms with Crippen molar-refractivity contribution < 1.29 is 32.5 Å². The van der Waals surface area contributed by atoms with Crippen LogP contribution in [0.4, 0.5) is 30.2 Å². The Morgan fingerprint density at radius 3 is 2.06 bits per heavy atom. The van der Waals surface area contributed by atoms with Crippen LogP contribution in [0.2, 0.25) is 0 Å². The third kappa shape index (κ3) is 9.23. The standard InChI is InChI=1S/C37H27F3N4O5S/c38-37(39,40)30-16-7-8-17-31(30)42-36(47)33(25-10-3-1-4-11-25)50-29-15-9-14-27(23-29)41-35(46)32(43-34(45)26-12-5-2-6-13-26)22-24-18-20-28(21-19-24)44(48)49/h1-23,33H,(H,41,46)(H,42,47)(H,43,45)/b32-22+. The van der Waals surface area contributed by atoms with Crippen molar-refractivity contribution in [1.82, 2.24) is 5.32 Å². The first-order valence-corrected chi connectivity index (χ1v) is 15.8. The average molecular weight is 697 g/mol. The summed E-state index contributed by atoms with van der Waals surface area (Å²) in [6, 6.07) is 33.3. The molecular weight excluding hydrogens is 669 g/mol. The zero-order valence-electron chi connectivity index (χ0n) is 25.9. The second-order valence-corrected chi connectivity index (χ2v) is 11.8. The van der Waals surface area contributed by atoms with E-state index in [0.29, 0.717) is 16.0 Å². The first kappa shape index (κ1) is 35.1. The maximum Gasteiger partial charge on any atom is 0.418 e. The number of nitrogens with one attached hydrogen (secondary N) is 3. The van der Waals surface area contributed by atoms with Crippen LogP contribution in [0.5, 0.6) is 0 Å². The molecule has 3 N–H and O–H groups in total. The van der Waals surface area contributed by atoms with E-state index in [-0.39, 0.29) is 28.3 Å². The fourth-order valence-corrected chi connectivity index (χ4v) is 5.80. The maximum atomic E-state index is 13.7. The Morgan fingerprint density at radius 1 is 0.760 bits per heavy atom. The summed E-state index contributed by atoms with van der Waals surface area (Å²) < 4.78 is 41.0. The molecule has 0 aliphatic carbocycles. The molecule has 5 aromatic rings. The molecule has 3 amide bonds. The number of carbonyl (C=O) groups excluding carboxylic acids is 3. The van der Waals surface area contributed by atoms with Gasteiger partial charge >= 0.3 is 6.18 Å². The molecule has 5 aromatic carbocycles. The number of nitro groups is 1. The van der Waals surface area contributed by atoms with Gasteiger partial charge in [0.25, 0.3) is 17.5 Å². The quantitative estimate of drug-likeness (QED) is 0.0550. The highest BCUT2D eigenvalue weighted by Gasteiger charge is 2.34. The molecule has 5 rings (SSSR count). The third-order valence-corrected chi connectivity index (χ3v) is 8.37. The number of nitro benzene ring substituents is 1. The number of hydrogen-bond acceptors (Lipinski definition) is 6. The fraction of sp³-hybridized carbons (Fsp3) is 0.0541. The molecule has 50 heavy (non-hydrogen) atoms. The highest BCUT2D eigenvalue weighted by molar-refractivity contribution is 8.00. The number of thioether (sulfide) groups is 1. The van der Waals surface area contributed by atoms with Crippen LogP contribution in [0.15, 0.2) is 144 Å². The molecule has 0 fully saturated rings. The SMILES string of the molecule is O=C(Nc1cccc(SC(C(=O)Nc2ccccc2C(F)(F)F)c2ccccc2)c1)/C(=C\c1ccc([N+](=O)[O-])cc1)NC(=O)c1ccccc1. The Bertz CT molecular complexity index is 2040. The molecule has 1 atom stereocenters. The van der Waals surface area contributed by atoms with Crippen LogP contribution in [-0.4, -0.2) is 22.6 Å². The van der Waals surface area contributed by atoms with Crippen LogP contribution in [0.25, 0.3) is 6.08 Å². The van der Waals surface area contributed by atoms with E-state index in [2.05, 4.69) is 16.0 Å². The number of nitrogens with zero attached hydrogens (tertiary/aromatic N) is 1. The van der Waals surface area contributed by atoms with Crippen molar-refractivity contribution in [3.8, 4) is 0 Å². The van der Waals surface area contributed by atoms with Gasteiger partial charge in [-0.15, -0.1) is 11.8 Å². The fourth-order valence-electron chi connectivity index (χ4n) is 4.72. The van der Waals surface area contributed by atoms with Gasteiger partial charge in [0.1, 0.15) is 10.9 Å². The number of alkyl halides is 3. The molecule has 0 heterocycles. The number of carbonyl (C=O) groups is 3. The molecule has 0 saturated carbocycles.